The molecule has 1 atom stereocenters. The van der Waals surface area contributed by atoms with E-state index in [0.29, 0.717) is 6.61 Å². The molecule has 1 unspecified atom stereocenters. The number of rotatable bonds is 5. The topological polar surface area (TPSA) is 34.4 Å². The molecule has 0 bridgehead atoms. The van der Waals surface area contributed by atoms with Crippen molar-refractivity contribution in [2.24, 2.45) is 0 Å². The van der Waals surface area contributed by atoms with Crippen molar-refractivity contribution in [1.82, 2.24) is 5.32 Å². The third kappa shape index (κ3) is 2.35. The van der Waals surface area contributed by atoms with Gasteiger partial charge in [-0.05, 0) is 41.6 Å². The van der Waals surface area contributed by atoms with Gasteiger partial charge < -0.3 is 14.5 Å². The largest absolute Gasteiger partial charge is 0.462 e. The minimum absolute atomic E-state index is 0.122. The number of furan rings is 1. The Morgan fingerprint density at radius 3 is 2.94 bits per heavy atom. The predicted molar refractivity (Wildman–Crippen MR) is 64.6 cm³/mol. The Hall–Kier alpha value is -1.10. The van der Waals surface area contributed by atoms with Crippen molar-refractivity contribution in [2.45, 2.75) is 12.6 Å². The van der Waals surface area contributed by atoms with Crippen LogP contribution in [0.15, 0.2) is 33.4 Å². The van der Waals surface area contributed by atoms with E-state index in [9.17, 15) is 0 Å². The average Bonchev–Trinajstić information content (AvgIpc) is 2.92. The van der Waals surface area contributed by atoms with Crippen molar-refractivity contribution in [2.75, 3.05) is 14.2 Å². The van der Waals surface area contributed by atoms with E-state index in [1.54, 1.807) is 18.4 Å². The van der Waals surface area contributed by atoms with Crippen LogP contribution in [-0.2, 0) is 11.3 Å². The average molecular weight is 237 g/mol. The van der Waals surface area contributed by atoms with E-state index in [-0.39, 0.29) is 6.04 Å². The Labute approximate surface area is 99.0 Å². The van der Waals surface area contributed by atoms with E-state index in [1.165, 1.54) is 5.56 Å². The highest BCUT2D eigenvalue weighted by atomic mass is 32.1. The van der Waals surface area contributed by atoms with Crippen LogP contribution in [0.3, 0.4) is 0 Å². The Bertz CT molecular complexity index is 422. The molecule has 0 aromatic carbocycles. The van der Waals surface area contributed by atoms with Gasteiger partial charge in [-0.2, -0.15) is 11.3 Å². The quantitative estimate of drug-likeness (QED) is 0.868. The lowest BCUT2D eigenvalue weighted by Gasteiger charge is -2.11. The zero-order valence-corrected chi connectivity index (χ0v) is 10.2. The number of ether oxygens (including phenoxy) is 1. The van der Waals surface area contributed by atoms with Gasteiger partial charge in [0.25, 0.3) is 0 Å². The van der Waals surface area contributed by atoms with Crippen molar-refractivity contribution in [3.05, 3.63) is 46.0 Å². The van der Waals surface area contributed by atoms with Crippen LogP contribution in [0, 0.1) is 0 Å². The van der Waals surface area contributed by atoms with Crippen LogP contribution in [0.2, 0.25) is 0 Å². The van der Waals surface area contributed by atoms with Gasteiger partial charge in [-0.3, -0.25) is 0 Å². The molecule has 0 saturated carbocycles. The molecule has 0 saturated heterocycles. The van der Waals surface area contributed by atoms with E-state index in [4.69, 9.17) is 9.15 Å². The molecule has 1 N–H and O–H groups in total. The Balaban J connectivity index is 2.20. The molecular formula is C12H15NO2S. The molecule has 0 amide bonds. The predicted octanol–water partition coefficient (Wildman–Crippen LogP) is 2.80. The fraction of sp³-hybridized carbons (Fsp3) is 0.333. The first-order valence-corrected chi connectivity index (χ1v) is 6.06. The van der Waals surface area contributed by atoms with E-state index in [0.717, 1.165) is 11.5 Å². The SMILES string of the molecule is CNC(c1ccsc1)c1ccc(COC)o1. The number of hydrogen-bond donors (Lipinski definition) is 1. The smallest absolute Gasteiger partial charge is 0.129 e. The first kappa shape index (κ1) is 11.4. The van der Waals surface area contributed by atoms with Crippen LogP contribution in [-0.4, -0.2) is 14.2 Å². The minimum Gasteiger partial charge on any atom is -0.462 e. The van der Waals surface area contributed by atoms with Crippen molar-refractivity contribution in [3.8, 4) is 0 Å². The Morgan fingerprint density at radius 2 is 2.31 bits per heavy atom. The van der Waals surface area contributed by atoms with Crippen LogP contribution in [0.1, 0.15) is 23.1 Å². The molecule has 2 aromatic rings. The first-order chi connectivity index (χ1) is 7.85. The summed E-state index contributed by atoms with van der Waals surface area (Å²) in [7, 11) is 3.59. The van der Waals surface area contributed by atoms with Gasteiger partial charge in [0, 0.05) is 7.11 Å². The molecule has 0 aliphatic heterocycles. The summed E-state index contributed by atoms with van der Waals surface area (Å²) in [5, 5.41) is 7.44. The second-order valence-electron chi connectivity index (χ2n) is 3.52. The van der Waals surface area contributed by atoms with Gasteiger partial charge in [-0.15, -0.1) is 0 Å². The second kappa shape index (κ2) is 5.30. The Morgan fingerprint density at radius 1 is 1.44 bits per heavy atom. The van der Waals surface area contributed by atoms with Crippen LogP contribution in [0.5, 0.6) is 0 Å². The van der Waals surface area contributed by atoms with Crippen LogP contribution >= 0.6 is 11.3 Å². The van der Waals surface area contributed by atoms with Gasteiger partial charge in [0.05, 0.1) is 6.04 Å². The lowest BCUT2D eigenvalue weighted by molar-refractivity contribution is 0.162. The van der Waals surface area contributed by atoms with Gasteiger partial charge >= 0.3 is 0 Å². The van der Waals surface area contributed by atoms with Gasteiger partial charge in [0.15, 0.2) is 0 Å². The summed E-state index contributed by atoms with van der Waals surface area (Å²) in [6, 6.07) is 6.17. The molecule has 3 nitrogen and oxygen atoms in total. The molecule has 2 rings (SSSR count). The molecule has 0 aliphatic rings. The molecule has 0 aliphatic carbocycles. The number of methoxy groups -OCH3 is 1. The molecule has 86 valence electrons. The normalized spacial score (nSPS) is 12.9. The van der Waals surface area contributed by atoms with E-state index < -0.39 is 0 Å². The van der Waals surface area contributed by atoms with E-state index in [2.05, 4.69) is 22.1 Å². The van der Waals surface area contributed by atoms with Gasteiger partial charge in [0.2, 0.25) is 0 Å². The molecule has 2 heterocycles. The van der Waals surface area contributed by atoms with Gasteiger partial charge in [-0.1, -0.05) is 0 Å². The highest BCUT2D eigenvalue weighted by Gasteiger charge is 2.16. The Kier molecular flexibility index (Phi) is 3.77. The van der Waals surface area contributed by atoms with Crippen LogP contribution in [0.25, 0.3) is 0 Å². The van der Waals surface area contributed by atoms with Gasteiger partial charge in [-0.25, -0.2) is 0 Å². The number of thiophene rings is 1. The molecule has 4 heteroatoms. The lowest BCUT2D eigenvalue weighted by Crippen LogP contribution is -2.16. The molecule has 0 radical (unpaired) electrons. The van der Waals surface area contributed by atoms with Crippen molar-refractivity contribution < 1.29 is 9.15 Å². The fourth-order valence-electron chi connectivity index (χ4n) is 1.68. The van der Waals surface area contributed by atoms with Crippen molar-refractivity contribution in [1.29, 1.82) is 0 Å². The van der Waals surface area contributed by atoms with Crippen LogP contribution in [0.4, 0.5) is 0 Å². The summed E-state index contributed by atoms with van der Waals surface area (Å²) in [4.78, 5) is 0. The molecular weight excluding hydrogens is 222 g/mol. The molecule has 0 fully saturated rings. The molecule has 0 spiro atoms. The van der Waals surface area contributed by atoms with Gasteiger partial charge in [0.1, 0.15) is 18.1 Å². The number of hydrogen-bond acceptors (Lipinski definition) is 4. The summed E-state index contributed by atoms with van der Waals surface area (Å²) in [5.74, 6) is 1.78. The first-order valence-electron chi connectivity index (χ1n) is 5.12. The molecule has 16 heavy (non-hydrogen) atoms. The lowest BCUT2D eigenvalue weighted by atomic mass is 10.1. The zero-order chi connectivity index (χ0) is 11.4. The monoisotopic (exact) mass is 237 g/mol. The van der Waals surface area contributed by atoms with Crippen molar-refractivity contribution >= 4 is 11.3 Å². The summed E-state index contributed by atoms with van der Waals surface area (Å²) < 4.78 is 10.8. The zero-order valence-electron chi connectivity index (χ0n) is 9.40. The maximum Gasteiger partial charge on any atom is 0.129 e. The third-order valence-corrected chi connectivity index (χ3v) is 3.12. The summed E-state index contributed by atoms with van der Waals surface area (Å²) in [6.07, 6.45) is 0. The highest BCUT2D eigenvalue weighted by Crippen LogP contribution is 2.25. The maximum atomic E-state index is 5.72. The van der Waals surface area contributed by atoms with Crippen molar-refractivity contribution in [3.63, 3.8) is 0 Å². The van der Waals surface area contributed by atoms with E-state index >= 15 is 0 Å². The number of nitrogens with one attached hydrogen (secondary N) is 1. The molecule has 2 aromatic heterocycles. The van der Waals surface area contributed by atoms with Crippen LogP contribution < -0.4 is 5.32 Å². The third-order valence-electron chi connectivity index (χ3n) is 2.42. The van der Waals surface area contributed by atoms with E-state index in [1.807, 2.05) is 19.2 Å². The minimum atomic E-state index is 0.122. The fourth-order valence-corrected chi connectivity index (χ4v) is 2.37. The maximum absolute atomic E-state index is 5.72. The highest BCUT2D eigenvalue weighted by molar-refractivity contribution is 7.08. The second-order valence-corrected chi connectivity index (χ2v) is 4.30. The summed E-state index contributed by atoms with van der Waals surface area (Å²) >= 11 is 1.69. The summed E-state index contributed by atoms with van der Waals surface area (Å²) in [6.45, 7) is 0.514. The standard InChI is InChI=1S/C12H15NO2S/c1-13-12(9-5-6-16-8-9)11-4-3-10(15-11)7-14-2/h3-6,8,12-13H,7H2,1-2H3. The summed E-state index contributed by atoms with van der Waals surface area (Å²) in [5.41, 5.74) is 1.23.